The lowest BCUT2D eigenvalue weighted by Gasteiger charge is -2.04. The minimum absolute atomic E-state index is 0.284. The maximum absolute atomic E-state index is 12.3. The third kappa shape index (κ3) is 2.99. The van der Waals surface area contributed by atoms with E-state index in [1.165, 1.54) is 24.5 Å². The Balaban J connectivity index is 2.21. The molecule has 22 heavy (non-hydrogen) atoms. The zero-order valence-corrected chi connectivity index (χ0v) is 13.8. The summed E-state index contributed by atoms with van der Waals surface area (Å²) >= 11 is 0. The lowest BCUT2D eigenvalue weighted by Crippen LogP contribution is -2.37. The summed E-state index contributed by atoms with van der Waals surface area (Å²) in [5.74, 6) is 0.863. The molecule has 2 rings (SSSR count). The van der Waals surface area contributed by atoms with Crippen molar-refractivity contribution in [3.63, 3.8) is 0 Å². The van der Waals surface area contributed by atoms with Gasteiger partial charge in [0.1, 0.15) is 5.82 Å². The molecule has 0 amide bonds. The van der Waals surface area contributed by atoms with Crippen LogP contribution in [-0.2, 0) is 27.6 Å². The van der Waals surface area contributed by atoms with Gasteiger partial charge in [0, 0.05) is 27.6 Å². The van der Waals surface area contributed by atoms with E-state index in [1.54, 1.807) is 7.05 Å². The van der Waals surface area contributed by atoms with Gasteiger partial charge >= 0.3 is 5.69 Å². The Hall–Kier alpha value is -1.89. The fourth-order valence-corrected chi connectivity index (χ4v) is 2.73. The Morgan fingerprint density at radius 1 is 0.955 bits per heavy atom. The van der Waals surface area contributed by atoms with Crippen LogP contribution in [0.5, 0.6) is 0 Å². The Bertz CT molecular complexity index is 769. The van der Waals surface area contributed by atoms with Crippen molar-refractivity contribution in [1.29, 1.82) is 0 Å². The molecule has 7 heteroatoms. The number of aryl methyl sites for hydroxylation is 3. The summed E-state index contributed by atoms with van der Waals surface area (Å²) in [6, 6.07) is 0. The van der Waals surface area contributed by atoms with E-state index in [9.17, 15) is 9.59 Å². The van der Waals surface area contributed by atoms with Gasteiger partial charge in [-0.25, -0.2) is 9.78 Å². The van der Waals surface area contributed by atoms with E-state index in [0.29, 0.717) is 11.2 Å². The first kappa shape index (κ1) is 16.5. The Kier molecular flexibility index (Phi) is 5.18. The van der Waals surface area contributed by atoms with Gasteiger partial charge in [-0.05, 0) is 26.4 Å². The number of unbranched alkanes of at least 4 members (excludes halogenated alkanes) is 3. The minimum atomic E-state index is -0.339. The number of aromatic nitrogens is 4. The Labute approximate surface area is 129 Å². The summed E-state index contributed by atoms with van der Waals surface area (Å²) < 4.78 is 4.39. The average Bonchev–Trinajstić information content (AvgIpc) is 2.84. The van der Waals surface area contributed by atoms with Crippen LogP contribution in [0.3, 0.4) is 0 Å². The number of rotatable bonds is 7. The summed E-state index contributed by atoms with van der Waals surface area (Å²) in [6.07, 6.45) is 5.36. The van der Waals surface area contributed by atoms with Crippen LogP contribution in [0.1, 0.15) is 31.5 Å². The highest BCUT2D eigenvalue weighted by Gasteiger charge is 2.16. The van der Waals surface area contributed by atoms with E-state index < -0.39 is 0 Å². The van der Waals surface area contributed by atoms with Crippen molar-refractivity contribution < 1.29 is 0 Å². The van der Waals surface area contributed by atoms with E-state index in [0.717, 1.165) is 36.2 Å². The predicted octanol–water partition coefficient (Wildman–Crippen LogP) is 0.293. The molecule has 122 valence electrons. The molecule has 0 aliphatic carbocycles. The molecule has 0 atom stereocenters. The minimum Gasteiger partial charge on any atom is -0.325 e. The molecule has 1 N–H and O–H groups in total. The van der Waals surface area contributed by atoms with Crippen molar-refractivity contribution in [3.05, 3.63) is 26.7 Å². The van der Waals surface area contributed by atoms with E-state index in [1.807, 2.05) is 18.7 Å². The first-order valence-electron chi connectivity index (χ1n) is 7.75. The molecule has 0 bridgehead atoms. The summed E-state index contributed by atoms with van der Waals surface area (Å²) in [6.45, 7) is 1.05. The summed E-state index contributed by atoms with van der Waals surface area (Å²) in [4.78, 5) is 28.7. The van der Waals surface area contributed by atoms with Crippen molar-refractivity contribution >= 4 is 11.2 Å². The lowest BCUT2D eigenvalue weighted by molar-refractivity contribution is 0.604. The topological polar surface area (TPSA) is 73.8 Å². The van der Waals surface area contributed by atoms with Crippen LogP contribution in [-0.4, -0.2) is 32.3 Å². The van der Waals surface area contributed by atoms with Gasteiger partial charge in [-0.15, -0.1) is 0 Å². The van der Waals surface area contributed by atoms with E-state index >= 15 is 0 Å². The summed E-state index contributed by atoms with van der Waals surface area (Å²) in [7, 11) is 6.96. The molecule has 2 aromatic heterocycles. The molecule has 0 unspecified atom stereocenters. The maximum Gasteiger partial charge on any atom is 0.332 e. The summed E-state index contributed by atoms with van der Waals surface area (Å²) in [5.41, 5.74) is 0.346. The second kappa shape index (κ2) is 6.91. The van der Waals surface area contributed by atoms with Gasteiger partial charge in [0.2, 0.25) is 0 Å². The van der Waals surface area contributed by atoms with Crippen LogP contribution in [0.15, 0.2) is 9.59 Å². The second-order valence-electron chi connectivity index (χ2n) is 5.73. The first-order chi connectivity index (χ1) is 10.5. The van der Waals surface area contributed by atoms with Gasteiger partial charge in [0.05, 0.1) is 0 Å². The van der Waals surface area contributed by atoms with Gasteiger partial charge in [-0.1, -0.05) is 12.8 Å². The van der Waals surface area contributed by atoms with Gasteiger partial charge < -0.3 is 9.88 Å². The van der Waals surface area contributed by atoms with Gasteiger partial charge in [-0.2, -0.15) is 0 Å². The van der Waals surface area contributed by atoms with E-state index in [-0.39, 0.29) is 11.2 Å². The van der Waals surface area contributed by atoms with Crippen molar-refractivity contribution in [1.82, 2.24) is 24.0 Å². The molecule has 0 aliphatic rings. The highest BCUT2D eigenvalue weighted by molar-refractivity contribution is 5.70. The quantitative estimate of drug-likeness (QED) is 0.746. The monoisotopic (exact) mass is 307 g/mol. The van der Waals surface area contributed by atoms with Gasteiger partial charge in [0.25, 0.3) is 5.56 Å². The number of imidazole rings is 1. The van der Waals surface area contributed by atoms with Gasteiger partial charge in [0.15, 0.2) is 11.2 Å². The van der Waals surface area contributed by atoms with Crippen LogP contribution in [0.25, 0.3) is 11.2 Å². The normalized spacial score (nSPS) is 11.5. The molecule has 2 aromatic rings. The van der Waals surface area contributed by atoms with Gasteiger partial charge in [-0.3, -0.25) is 13.9 Å². The molecular formula is C15H25N5O2. The molecule has 0 aromatic carbocycles. The van der Waals surface area contributed by atoms with E-state index in [4.69, 9.17) is 0 Å². The average molecular weight is 307 g/mol. The predicted molar refractivity (Wildman–Crippen MR) is 87.3 cm³/mol. The molecular weight excluding hydrogens is 282 g/mol. The second-order valence-corrected chi connectivity index (χ2v) is 5.73. The smallest absolute Gasteiger partial charge is 0.325 e. The van der Waals surface area contributed by atoms with Crippen molar-refractivity contribution in [3.8, 4) is 0 Å². The maximum atomic E-state index is 12.3. The van der Waals surface area contributed by atoms with Crippen molar-refractivity contribution in [2.45, 2.75) is 32.1 Å². The lowest BCUT2D eigenvalue weighted by atomic mass is 10.1. The Morgan fingerprint density at radius 2 is 1.64 bits per heavy atom. The highest BCUT2D eigenvalue weighted by atomic mass is 16.2. The Morgan fingerprint density at radius 3 is 2.32 bits per heavy atom. The van der Waals surface area contributed by atoms with Crippen molar-refractivity contribution in [2.24, 2.45) is 21.1 Å². The molecule has 0 saturated carbocycles. The van der Waals surface area contributed by atoms with Crippen molar-refractivity contribution in [2.75, 3.05) is 13.6 Å². The number of nitrogens with zero attached hydrogens (tertiary/aromatic N) is 4. The number of hydrogen-bond acceptors (Lipinski definition) is 4. The zero-order chi connectivity index (χ0) is 16.3. The number of nitrogens with one attached hydrogen (secondary N) is 1. The van der Waals surface area contributed by atoms with Crippen LogP contribution in [0.2, 0.25) is 0 Å². The zero-order valence-electron chi connectivity index (χ0n) is 13.8. The highest BCUT2D eigenvalue weighted by Crippen LogP contribution is 2.12. The fraction of sp³-hybridized carbons (Fsp3) is 0.667. The fourth-order valence-electron chi connectivity index (χ4n) is 2.73. The first-order valence-corrected chi connectivity index (χ1v) is 7.75. The molecule has 0 fully saturated rings. The SMILES string of the molecule is CNCCCCCCc1nc2c(c(=O)n(C)c(=O)n2C)n1C. The third-order valence-electron chi connectivity index (χ3n) is 4.15. The molecule has 0 radical (unpaired) electrons. The largest absolute Gasteiger partial charge is 0.332 e. The van der Waals surface area contributed by atoms with E-state index in [2.05, 4.69) is 10.3 Å². The third-order valence-corrected chi connectivity index (χ3v) is 4.15. The van der Waals surface area contributed by atoms with Crippen LogP contribution < -0.4 is 16.6 Å². The number of hydrogen-bond donors (Lipinski definition) is 1. The van der Waals surface area contributed by atoms with Crippen LogP contribution in [0.4, 0.5) is 0 Å². The van der Waals surface area contributed by atoms with Crippen LogP contribution >= 0.6 is 0 Å². The molecule has 0 saturated heterocycles. The number of fused-ring (bicyclic) bond motifs is 1. The molecule has 0 spiro atoms. The molecule has 7 nitrogen and oxygen atoms in total. The molecule has 2 heterocycles. The summed E-state index contributed by atoms with van der Waals surface area (Å²) in [5, 5.41) is 3.14. The standard InChI is InChI=1S/C15H25N5O2/c1-16-10-8-6-5-7-9-11-17-13-12(18(11)2)14(21)20(4)15(22)19(13)3/h16H,5-10H2,1-4H3. The van der Waals surface area contributed by atoms with Crippen LogP contribution in [0, 0.1) is 0 Å². The molecule has 0 aliphatic heterocycles.